The highest BCUT2D eigenvalue weighted by Gasteiger charge is 2.41. The van der Waals surface area contributed by atoms with E-state index < -0.39 is 18.2 Å². The fourth-order valence-corrected chi connectivity index (χ4v) is 4.12. The van der Waals surface area contributed by atoms with Crippen LogP contribution in [-0.4, -0.2) is 62.0 Å². The third kappa shape index (κ3) is 7.03. The Kier molecular flexibility index (Phi) is 8.72. The van der Waals surface area contributed by atoms with Crippen LogP contribution in [0.4, 0.5) is 17.6 Å². The number of nitrogens with zero attached hydrogens (tertiary/aromatic N) is 3. The van der Waals surface area contributed by atoms with E-state index in [0.29, 0.717) is 24.3 Å². The summed E-state index contributed by atoms with van der Waals surface area (Å²) in [6.07, 6.45) is 0.992. The Balaban J connectivity index is 0.000000454. The smallest absolute Gasteiger partial charge is 0.475 e. The molecule has 0 spiro atoms. The summed E-state index contributed by atoms with van der Waals surface area (Å²) < 4.78 is 47.6. The summed E-state index contributed by atoms with van der Waals surface area (Å²) in [5.41, 5.74) is 2.13. The molecule has 2 heterocycles. The molecule has 2 fully saturated rings. The lowest BCUT2D eigenvalue weighted by Gasteiger charge is -2.37. The van der Waals surface area contributed by atoms with E-state index in [1.165, 1.54) is 17.7 Å². The zero-order valence-corrected chi connectivity index (χ0v) is 20.2. The van der Waals surface area contributed by atoms with E-state index in [4.69, 9.17) is 22.5 Å². The number of aromatic nitrogens is 2. The first kappa shape index (κ1) is 27.6. The Morgan fingerprint density at radius 3 is 2.33 bits per heavy atom. The van der Waals surface area contributed by atoms with E-state index in [0.717, 1.165) is 24.8 Å². The molecule has 2 aliphatic rings. The van der Waals surface area contributed by atoms with Crippen molar-refractivity contribution in [1.82, 2.24) is 14.7 Å². The molecule has 2 unspecified atom stereocenters. The summed E-state index contributed by atoms with van der Waals surface area (Å²) in [6, 6.07) is 7.75. The fourth-order valence-electron chi connectivity index (χ4n) is 3.85. The molecular formula is C24H25F4N3O4S. The minimum Gasteiger partial charge on any atom is -0.475 e. The third-order valence-corrected chi connectivity index (χ3v) is 6.42. The van der Waals surface area contributed by atoms with Crippen LogP contribution in [0.15, 0.2) is 42.1 Å². The number of halogens is 4. The van der Waals surface area contributed by atoms with Gasteiger partial charge in [0.2, 0.25) is 5.91 Å². The van der Waals surface area contributed by atoms with Crippen molar-refractivity contribution in [3.8, 4) is 0 Å². The first-order valence-electron chi connectivity index (χ1n) is 11.2. The monoisotopic (exact) mass is 527 g/mol. The first-order valence-corrected chi connectivity index (χ1v) is 11.7. The summed E-state index contributed by atoms with van der Waals surface area (Å²) in [5, 5.41) is 11.4. The Morgan fingerprint density at radius 1 is 1.17 bits per heavy atom. The molecule has 0 amide bonds. The van der Waals surface area contributed by atoms with Crippen molar-refractivity contribution in [2.24, 2.45) is 5.92 Å². The van der Waals surface area contributed by atoms with Gasteiger partial charge in [-0.2, -0.15) is 30.9 Å². The molecule has 12 heteroatoms. The van der Waals surface area contributed by atoms with Crippen molar-refractivity contribution < 1.29 is 37.1 Å². The summed E-state index contributed by atoms with van der Waals surface area (Å²) >= 11 is 4.70. The summed E-state index contributed by atoms with van der Waals surface area (Å²) in [5.74, 6) is -3.12. The number of hydrogen-bond acceptors (Lipinski definition) is 6. The van der Waals surface area contributed by atoms with Crippen molar-refractivity contribution in [3.05, 3.63) is 59.2 Å². The predicted octanol–water partition coefficient (Wildman–Crippen LogP) is 4.42. The number of Topliss-reactive ketones (excluding diaryl/α,β-unsaturated/α-hetero) is 1. The van der Waals surface area contributed by atoms with Gasteiger partial charge >= 0.3 is 12.1 Å². The number of rotatable bonds is 5. The number of carboxylic acids is 1. The maximum Gasteiger partial charge on any atom is 0.490 e. The van der Waals surface area contributed by atoms with E-state index in [1.807, 2.05) is 6.08 Å². The van der Waals surface area contributed by atoms with E-state index in [-0.39, 0.29) is 28.7 Å². The predicted molar refractivity (Wildman–Crippen MR) is 126 cm³/mol. The second kappa shape index (κ2) is 11.4. The van der Waals surface area contributed by atoms with E-state index >= 15 is 0 Å². The maximum atomic E-state index is 14.6. The molecule has 1 saturated heterocycles. The second-order valence-corrected chi connectivity index (χ2v) is 9.23. The molecule has 1 aromatic heterocycles. The SMILES string of the molecule is CC(=O)n1ccc(/C=C2\CN(C(C(=O)C3CC3)c3ccccc3F)CCC2S)n1.O=C(O)C(F)(F)F. The summed E-state index contributed by atoms with van der Waals surface area (Å²) in [4.78, 5) is 35.5. The van der Waals surface area contributed by atoms with Gasteiger partial charge in [-0.05, 0) is 43.0 Å². The lowest BCUT2D eigenvalue weighted by Crippen LogP contribution is -2.42. The van der Waals surface area contributed by atoms with E-state index in [9.17, 15) is 27.2 Å². The van der Waals surface area contributed by atoms with Crippen molar-refractivity contribution in [2.75, 3.05) is 13.1 Å². The van der Waals surface area contributed by atoms with Crippen LogP contribution >= 0.6 is 12.6 Å². The van der Waals surface area contributed by atoms with Gasteiger partial charge in [-0.1, -0.05) is 18.2 Å². The topological polar surface area (TPSA) is 92.5 Å². The molecule has 0 bridgehead atoms. The summed E-state index contributed by atoms with van der Waals surface area (Å²) in [7, 11) is 0. The standard InChI is InChI=1S/C22H24FN3O2S.C2HF3O2/c1-14(27)26-11-8-17(24-26)12-16-13-25(10-9-20(16)29)21(22(28)15-6-7-15)18-4-2-3-5-19(18)23;3-2(4,5)1(6)7/h2-5,8,11-12,15,20-21,29H,6-7,9-10,13H2,1H3;(H,6,7)/b16-12+;. The van der Waals surface area contributed by atoms with Crippen LogP contribution in [0.3, 0.4) is 0 Å². The Morgan fingerprint density at radius 2 is 1.81 bits per heavy atom. The van der Waals surface area contributed by atoms with E-state index in [1.54, 1.807) is 30.5 Å². The third-order valence-electron chi connectivity index (χ3n) is 5.83. The second-order valence-electron chi connectivity index (χ2n) is 8.60. The summed E-state index contributed by atoms with van der Waals surface area (Å²) in [6.45, 7) is 2.64. The van der Waals surface area contributed by atoms with Gasteiger partial charge in [0.1, 0.15) is 5.82 Å². The first-order chi connectivity index (χ1) is 16.9. The number of thiol groups is 1. The number of aliphatic carboxylic acids is 1. The van der Waals surface area contributed by atoms with Crippen LogP contribution in [-0.2, 0) is 9.59 Å². The Labute approximate surface area is 210 Å². The molecule has 0 radical (unpaired) electrons. The lowest BCUT2D eigenvalue weighted by atomic mass is 9.93. The number of carbonyl (C=O) groups is 3. The number of alkyl halides is 3. The van der Waals surface area contributed by atoms with Crippen LogP contribution in [0.5, 0.6) is 0 Å². The molecule has 1 aromatic carbocycles. The minimum absolute atomic E-state index is 0.0334. The number of hydrogen-bond donors (Lipinski definition) is 2. The van der Waals surface area contributed by atoms with Crippen LogP contribution < -0.4 is 0 Å². The number of carboxylic acid groups (broad SMARTS) is 1. The molecule has 1 N–H and O–H groups in total. The zero-order valence-electron chi connectivity index (χ0n) is 19.3. The number of piperidine rings is 1. The Bertz CT molecular complexity index is 1160. The molecule has 2 aromatic rings. The zero-order chi connectivity index (χ0) is 26.6. The van der Waals surface area contributed by atoms with Gasteiger partial charge < -0.3 is 5.11 Å². The quantitative estimate of drug-likeness (QED) is 0.442. The molecule has 36 heavy (non-hydrogen) atoms. The van der Waals surface area contributed by atoms with Gasteiger partial charge in [-0.15, -0.1) is 0 Å². The van der Waals surface area contributed by atoms with Crippen LogP contribution in [0, 0.1) is 11.7 Å². The van der Waals surface area contributed by atoms with Crippen molar-refractivity contribution in [1.29, 1.82) is 0 Å². The number of benzene rings is 1. The largest absolute Gasteiger partial charge is 0.490 e. The van der Waals surface area contributed by atoms with Gasteiger partial charge in [-0.25, -0.2) is 13.9 Å². The highest BCUT2D eigenvalue weighted by molar-refractivity contribution is 7.81. The van der Waals surface area contributed by atoms with Crippen LogP contribution in [0.25, 0.3) is 6.08 Å². The number of likely N-dealkylation sites (tertiary alicyclic amines) is 1. The molecule has 7 nitrogen and oxygen atoms in total. The lowest BCUT2D eigenvalue weighted by molar-refractivity contribution is -0.192. The minimum atomic E-state index is -5.08. The Hall–Kier alpha value is -2.99. The number of ketones is 1. The van der Waals surface area contributed by atoms with Gasteiger partial charge in [0.25, 0.3) is 0 Å². The van der Waals surface area contributed by atoms with Gasteiger partial charge in [0.05, 0.1) is 11.7 Å². The van der Waals surface area contributed by atoms with Crippen molar-refractivity contribution >= 4 is 36.4 Å². The number of carbonyl (C=O) groups excluding carboxylic acids is 2. The highest BCUT2D eigenvalue weighted by atomic mass is 32.1. The van der Waals surface area contributed by atoms with Crippen molar-refractivity contribution in [3.63, 3.8) is 0 Å². The molecule has 1 saturated carbocycles. The van der Waals surface area contributed by atoms with Crippen LogP contribution in [0.1, 0.15) is 48.3 Å². The van der Waals surface area contributed by atoms with E-state index in [2.05, 4.69) is 10.00 Å². The van der Waals surface area contributed by atoms with Gasteiger partial charge in [0, 0.05) is 42.9 Å². The average molecular weight is 528 g/mol. The molecule has 194 valence electrons. The molecule has 1 aliphatic carbocycles. The molecule has 1 aliphatic heterocycles. The maximum absolute atomic E-state index is 14.6. The van der Waals surface area contributed by atoms with Crippen molar-refractivity contribution in [2.45, 2.75) is 43.7 Å². The van der Waals surface area contributed by atoms with Gasteiger partial charge in [-0.3, -0.25) is 14.5 Å². The molecule has 4 rings (SSSR count). The normalized spacial score (nSPS) is 20.4. The van der Waals surface area contributed by atoms with Crippen LogP contribution in [0.2, 0.25) is 0 Å². The highest BCUT2D eigenvalue weighted by Crippen LogP contribution is 2.39. The fraction of sp³-hybridized carbons (Fsp3) is 0.417. The molecular weight excluding hydrogens is 502 g/mol. The average Bonchev–Trinajstić information content (AvgIpc) is 3.55. The molecule has 2 atom stereocenters. The van der Waals surface area contributed by atoms with Gasteiger partial charge in [0.15, 0.2) is 5.78 Å².